The van der Waals surface area contributed by atoms with E-state index in [0.717, 1.165) is 10.5 Å². The highest BCUT2D eigenvalue weighted by Gasteiger charge is 2.20. The van der Waals surface area contributed by atoms with Gasteiger partial charge in [0.15, 0.2) is 22.5 Å². The maximum atomic E-state index is 13.3. The fourth-order valence-electron chi connectivity index (χ4n) is 3.07. The first-order valence-electron chi connectivity index (χ1n) is 9.30. The van der Waals surface area contributed by atoms with Crippen molar-refractivity contribution in [3.8, 4) is 23.0 Å². The van der Waals surface area contributed by atoms with Crippen LogP contribution >= 0.6 is 23.4 Å². The highest BCUT2D eigenvalue weighted by molar-refractivity contribution is 7.99. The SMILES string of the molecule is COc1ccc(OC)c(Sc2nc3c(N)ncn(CCc4ccc(F)cc4Cl)c-3n2)c1. The Balaban J connectivity index is 1.63. The summed E-state index contributed by atoms with van der Waals surface area (Å²) in [5, 5.41) is 0.894. The molecule has 2 aromatic rings. The molecule has 0 amide bonds. The quantitative estimate of drug-likeness (QED) is 0.433. The van der Waals surface area contributed by atoms with Gasteiger partial charge in [-0.2, -0.15) is 0 Å². The molecular formula is C21H19ClFN5O2S. The Kier molecular flexibility index (Phi) is 6.15. The molecule has 0 aliphatic carbocycles. The third kappa shape index (κ3) is 4.52. The Hall–Kier alpha value is -3.04. The Bertz CT molecular complexity index is 1200. The lowest BCUT2D eigenvalue weighted by Gasteiger charge is -2.11. The molecule has 0 saturated heterocycles. The van der Waals surface area contributed by atoms with Crippen LogP contribution in [0.15, 0.2) is 52.8 Å². The van der Waals surface area contributed by atoms with Crippen LogP contribution in [-0.4, -0.2) is 33.7 Å². The largest absolute Gasteiger partial charge is 0.497 e. The molecule has 0 bridgehead atoms. The average Bonchev–Trinajstić information content (AvgIpc) is 3.19. The van der Waals surface area contributed by atoms with Gasteiger partial charge in [-0.3, -0.25) is 0 Å². The summed E-state index contributed by atoms with van der Waals surface area (Å²) >= 11 is 7.49. The summed E-state index contributed by atoms with van der Waals surface area (Å²) in [7, 11) is 3.21. The number of halogens is 2. The number of nitrogens with two attached hydrogens (primary N) is 1. The van der Waals surface area contributed by atoms with E-state index in [-0.39, 0.29) is 5.82 Å². The fourth-order valence-corrected chi connectivity index (χ4v) is 4.23. The molecular weight excluding hydrogens is 441 g/mol. The van der Waals surface area contributed by atoms with E-state index in [1.165, 1.54) is 23.9 Å². The second-order valence-electron chi connectivity index (χ2n) is 6.61. The first-order valence-corrected chi connectivity index (χ1v) is 10.5. The molecule has 0 aromatic heterocycles. The van der Waals surface area contributed by atoms with Gasteiger partial charge in [0.2, 0.25) is 0 Å². The number of benzene rings is 2. The fraction of sp³-hybridized carbons (Fsp3) is 0.190. The van der Waals surface area contributed by atoms with Crippen LogP contribution in [0.25, 0.3) is 11.5 Å². The molecule has 10 heteroatoms. The van der Waals surface area contributed by atoms with Crippen molar-refractivity contribution in [1.82, 2.24) is 19.5 Å². The number of aromatic nitrogens is 4. The van der Waals surface area contributed by atoms with Gasteiger partial charge in [-0.1, -0.05) is 17.7 Å². The number of methoxy groups -OCH3 is 2. The van der Waals surface area contributed by atoms with Crippen molar-refractivity contribution < 1.29 is 13.9 Å². The van der Waals surface area contributed by atoms with Crippen molar-refractivity contribution in [2.45, 2.75) is 23.0 Å². The number of imidazole rings is 1. The van der Waals surface area contributed by atoms with Crippen LogP contribution in [-0.2, 0) is 13.0 Å². The normalized spacial score (nSPS) is 11.1. The zero-order valence-electron chi connectivity index (χ0n) is 16.8. The minimum atomic E-state index is -0.366. The van der Waals surface area contributed by atoms with Gasteiger partial charge >= 0.3 is 0 Å². The number of nitrogen functional groups attached to an aromatic ring is 1. The molecule has 0 spiro atoms. The van der Waals surface area contributed by atoms with E-state index in [4.69, 9.17) is 26.8 Å². The minimum Gasteiger partial charge on any atom is -0.497 e. The van der Waals surface area contributed by atoms with E-state index in [0.29, 0.717) is 52.0 Å². The summed E-state index contributed by atoms with van der Waals surface area (Å²) in [6.45, 7) is 0.528. The Labute approximate surface area is 187 Å². The minimum absolute atomic E-state index is 0.294. The predicted octanol–water partition coefficient (Wildman–Crippen LogP) is 4.56. The van der Waals surface area contributed by atoms with Crippen LogP contribution in [0.3, 0.4) is 0 Å². The number of nitrogens with zero attached hydrogens (tertiary/aromatic N) is 4. The first-order chi connectivity index (χ1) is 15.0. The summed E-state index contributed by atoms with van der Waals surface area (Å²) < 4.78 is 25.9. The topological polar surface area (TPSA) is 88.1 Å². The zero-order valence-corrected chi connectivity index (χ0v) is 18.4. The summed E-state index contributed by atoms with van der Waals surface area (Å²) in [5.41, 5.74) is 7.38. The molecule has 0 unspecified atom stereocenters. The van der Waals surface area contributed by atoms with Crippen molar-refractivity contribution >= 4 is 29.2 Å². The van der Waals surface area contributed by atoms with Gasteiger partial charge < -0.3 is 19.8 Å². The third-order valence-electron chi connectivity index (χ3n) is 4.68. The molecule has 2 heterocycles. The molecule has 2 N–H and O–H groups in total. The zero-order chi connectivity index (χ0) is 22.0. The predicted molar refractivity (Wildman–Crippen MR) is 118 cm³/mol. The second kappa shape index (κ2) is 8.99. The maximum Gasteiger partial charge on any atom is 0.195 e. The first kappa shape index (κ1) is 21.2. The maximum absolute atomic E-state index is 13.3. The lowest BCUT2D eigenvalue weighted by atomic mass is 10.1. The lowest BCUT2D eigenvalue weighted by molar-refractivity contribution is 0.394. The molecule has 2 aliphatic heterocycles. The smallest absolute Gasteiger partial charge is 0.195 e. The van der Waals surface area contributed by atoms with Crippen LogP contribution < -0.4 is 15.2 Å². The van der Waals surface area contributed by atoms with Crippen LogP contribution in [0.5, 0.6) is 11.5 Å². The number of anilines is 1. The van der Waals surface area contributed by atoms with Crippen LogP contribution in [0.2, 0.25) is 5.02 Å². The van der Waals surface area contributed by atoms with E-state index in [2.05, 4.69) is 15.0 Å². The second-order valence-corrected chi connectivity index (χ2v) is 8.02. The number of rotatable bonds is 7. The van der Waals surface area contributed by atoms with E-state index >= 15 is 0 Å². The van der Waals surface area contributed by atoms with Crippen molar-refractivity contribution in [2.24, 2.45) is 0 Å². The Morgan fingerprint density at radius 2 is 1.97 bits per heavy atom. The number of fused-ring (bicyclic) bond motifs is 1. The van der Waals surface area contributed by atoms with E-state index in [9.17, 15) is 4.39 Å². The van der Waals surface area contributed by atoms with E-state index in [1.54, 1.807) is 26.6 Å². The summed E-state index contributed by atoms with van der Waals surface area (Å²) in [4.78, 5) is 14.3. The summed E-state index contributed by atoms with van der Waals surface area (Å²) in [6.07, 6.45) is 2.19. The molecule has 2 aromatic carbocycles. The number of hydrogen-bond acceptors (Lipinski definition) is 7. The lowest BCUT2D eigenvalue weighted by Crippen LogP contribution is -2.10. The Morgan fingerprint density at radius 1 is 1.13 bits per heavy atom. The molecule has 0 saturated carbocycles. The van der Waals surface area contributed by atoms with Gasteiger partial charge in [0.1, 0.15) is 17.3 Å². The average molecular weight is 460 g/mol. The van der Waals surface area contributed by atoms with Crippen LogP contribution in [0.1, 0.15) is 5.56 Å². The number of hydrogen-bond donors (Lipinski definition) is 1. The van der Waals surface area contributed by atoms with Gasteiger partial charge in [-0.15, -0.1) is 0 Å². The number of aryl methyl sites for hydroxylation is 2. The summed E-state index contributed by atoms with van der Waals surface area (Å²) in [6, 6.07) is 9.87. The molecule has 4 rings (SSSR count). The molecule has 0 atom stereocenters. The van der Waals surface area contributed by atoms with Crippen molar-refractivity contribution in [1.29, 1.82) is 0 Å². The van der Waals surface area contributed by atoms with Gasteiger partial charge in [-0.05, 0) is 54.1 Å². The van der Waals surface area contributed by atoms with Crippen molar-refractivity contribution in [3.63, 3.8) is 0 Å². The van der Waals surface area contributed by atoms with Gasteiger partial charge in [0, 0.05) is 11.6 Å². The molecule has 0 fully saturated rings. The van der Waals surface area contributed by atoms with Gasteiger partial charge in [0.25, 0.3) is 0 Å². The molecule has 31 heavy (non-hydrogen) atoms. The van der Waals surface area contributed by atoms with Crippen molar-refractivity contribution in [2.75, 3.05) is 20.0 Å². The van der Waals surface area contributed by atoms with Crippen LogP contribution in [0, 0.1) is 5.82 Å². The highest BCUT2D eigenvalue weighted by Crippen LogP contribution is 2.38. The Morgan fingerprint density at radius 3 is 2.71 bits per heavy atom. The number of ether oxygens (including phenoxy) is 2. The van der Waals surface area contributed by atoms with Gasteiger partial charge in [-0.25, -0.2) is 19.3 Å². The molecule has 2 aliphatic rings. The highest BCUT2D eigenvalue weighted by atomic mass is 35.5. The van der Waals surface area contributed by atoms with E-state index in [1.807, 2.05) is 22.8 Å². The van der Waals surface area contributed by atoms with Gasteiger partial charge in [0.05, 0.1) is 25.4 Å². The van der Waals surface area contributed by atoms with Crippen molar-refractivity contribution in [3.05, 3.63) is 59.1 Å². The molecule has 7 nitrogen and oxygen atoms in total. The summed E-state index contributed by atoms with van der Waals surface area (Å²) in [5.74, 6) is 1.92. The standard InChI is InChI=1S/C21H19ClFN5O2S/c1-29-14-5-6-16(30-2)17(10-14)31-21-26-18-19(24)25-11-28(20(18)27-21)8-7-12-3-4-13(23)9-15(12)22/h3-6,9-11H,7-8,24H2,1-2H3. The third-order valence-corrected chi connectivity index (χ3v) is 5.94. The monoisotopic (exact) mass is 459 g/mol. The van der Waals surface area contributed by atoms with E-state index < -0.39 is 0 Å². The molecule has 160 valence electrons. The van der Waals surface area contributed by atoms with Crippen LogP contribution in [0.4, 0.5) is 10.2 Å². The molecule has 0 radical (unpaired) electrons.